The van der Waals surface area contributed by atoms with Gasteiger partial charge in [0.05, 0.1) is 6.20 Å². The lowest BCUT2D eigenvalue weighted by molar-refractivity contribution is -0.135. The summed E-state index contributed by atoms with van der Waals surface area (Å²) in [6.07, 6.45) is 7.35. The van der Waals surface area contributed by atoms with Gasteiger partial charge in [0.25, 0.3) is 0 Å². The summed E-state index contributed by atoms with van der Waals surface area (Å²) in [6, 6.07) is 0. The van der Waals surface area contributed by atoms with Gasteiger partial charge < -0.3 is 4.90 Å². The Morgan fingerprint density at radius 3 is 2.40 bits per heavy atom. The molecule has 1 aliphatic heterocycles. The van der Waals surface area contributed by atoms with Gasteiger partial charge >= 0.3 is 0 Å². The zero-order valence-corrected chi connectivity index (χ0v) is 16.3. The van der Waals surface area contributed by atoms with Crippen LogP contribution in [0.1, 0.15) is 46.0 Å². The molecule has 0 bridgehead atoms. The van der Waals surface area contributed by atoms with E-state index in [-0.39, 0.29) is 16.7 Å². The second-order valence-electron chi connectivity index (χ2n) is 6.71. The predicted molar refractivity (Wildman–Crippen MR) is 96.5 cm³/mol. The lowest BCUT2D eigenvalue weighted by Gasteiger charge is -2.26. The topological polar surface area (TPSA) is 75.5 Å². The van der Waals surface area contributed by atoms with E-state index in [0.29, 0.717) is 32.6 Å². The highest BCUT2D eigenvalue weighted by atomic mass is 32.2. The third kappa shape index (κ3) is 4.82. The van der Waals surface area contributed by atoms with Gasteiger partial charge in [-0.15, -0.1) is 0 Å². The molecule has 2 heterocycles. The summed E-state index contributed by atoms with van der Waals surface area (Å²) in [5.41, 5.74) is 0. The number of carbonyl (C=O) groups excluding carboxylic acids is 1. The van der Waals surface area contributed by atoms with E-state index < -0.39 is 10.0 Å². The highest BCUT2D eigenvalue weighted by Crippen LogP contribution is 2.20. The molecule has 0 aromatic carbocycles. The zero-order valence-electron chi connectivity index (χ0n) is 15.5. The van der Waals surface area contributed by atoms with Crippen molar-refractivity contribution in [2.24, 2.45) is 13.0 Å². The summed E-state index contributed by atoms with van der Waals surface area (Å²) in [6.45, 7) is 6.06. The summed E-state index contributed by atoms with van der Waals surface area (Å²) in [7, 11) is -1.84. The van der Waals surface area contributed by atoms with Crippen LogP contribution in [0.25, 0.3) is 0 Å². The van der Waals surface area contributed by atoms with Crippen LogP contribution in [0.2, 0.25) is 0 Å². The molecule has 0 radical (unpaired) electrons. The minimum absolute atomic E-state index is 0.0662. The van der Waals surface area contributed by atoms with E-state index in [1.54, 1.807) is 7.05 Å². The smallest absolute Gasteiger partial charge is 0.246 e. The Hall–Kier alpha value is -1.41. The number of amides is 1. The number of hydrogen-bond acceptors (Lipinski definition) is 4. The second kappa shape index (κ2) is 8.80. The van der Waals surface area contributed by atoms with Crippen molar-refractivity contribution in [3.63, 3.8) is 0 Å². The first-order valence-electron chi connectivity index (χ1n) is 9.17. The second-order valence-corrected chi connectivity index (χ2v) is 8.64. The van der Waals surface area contributed by atoms with E-state index in [0.717, 1.165) is 25.7 Å². The lowest BCUT2D eigenvalue weighted by atomic mass is 9.96. The lowest BCUT2D eigenvalue weighted by Crippen LogP contribution is -2.40. The maximum absolute atomic E-state index is 12.8. The SMILES string of the molecule is CCCC(CCC)C(=O)N1CCCN(S(=O)(=O)c2cnn(C)c2)CC1. The van der Waals surface area contributed by atoms with Crippen LogP contribution in [0, 0.1) is 5.92 Å². The molecule has 1 amide bonds. The molecule has 142 valence electrons. The Bertz CT molecular complexity index is 665. The summed E-state index contributed by atoms with van der Waals surface area (Å²) in [5.74, 6) is 0.251. The van der Waals surface area contributed by atoms with Crippen molar-refractivity contribution in [1.29, 1.82) is 0 Å². The summed E-state index contributed by atoms with van der Waals surface area (Å²) >= 11 is 0. The average Bonchev–Trinajstić information content (AvgIpc) is 2.87. The molecule has 0 aliphatic carbocycles. The summed E-state index contributed by atoms with van der Waals surface area (Å²) in [5, 5.41) is 3.95. The Morgan fingerprint density at radius 2 is 1.84 bits per heavy atom. The van der Waals surface area contributed by atoms with Crippen LogP contribution in [0.15, 0.2) is 17.3 Å². The van der Waals surface area contributed by atoms with Gasteiger partial charge in [-0.1, -0.05) is 26.7 Å². The molecule has 0 unspecified atom stereocenters. The highest BCUT2D eigenvalue weighted by molar-refractivity contribution is 7.89. The Morgan fingerprint density at radius 1 is 1.16 bits per heavy atom. The van der Waals surface area contributed by atoms with Crippen LogP contribution in [-0.2, 0) is 21.9 Å². The maximum atomic E-state index is 12.8. The van der Waals surface area contributed by atoms with Gasteiger partial charge in [-0.2, -0.15) is 9.40 Å². The first-order valence-corrected chi connectivity index (χ1v) is 10.6. The van der Waals surface area contributed by atoms with Gasteiger partial charge in [0.1, 0.15) is 4.90 Å². The Balaban J connectivity index is 2.05. The van der Waals surface area contributed by atoms with Gasteiger partial charge in [-0.3, -0.25) is 9.48 Å². The number of aryl methyl sites for hydroxylation is 1. The quantitative estimate of drug-likeness (QED) is 0.734. The van der Waals surface area contributed by atoms with E-state index >= 15 is 0 Å². The molecule has 25 heavy (non-hydrogen) atoms. The third-order valence-corrected chi connectivity index (χ3v) is 6.56. The van der Waals surface area contributed by atoms with Gasteiger partial charge in [0.15, 0.2) is 0 Å². The molecule has 1 aromatic rings. The molecule has 1 aromatic heterocycles. The molecule has 1 fully saturated rings. The normalized spacial score (nSPS) is 17.0. The van der Waals surface area contributed by atoms with Crippen molar-refractivity contribution in [3.8, 4) is 0 Å². The molecule has 2 rings (SSSR count). The van der Waals surface area contributed by atoms with E-state index in [1.165, 1.54) is 21.4 Å². The number of hydrogen-bond donors (Lipinski definition) is 0. The fraction of sp³-hybridized carbons (Fsp3) is 0.765. The van der Waals surface area contributed by atoms with Crippen LogP contribution < -0.4 is 0 Å². The molecule has 1 saturated heterocycles. The fourth-order valence-electron chi connectivity index (χ4n) is 3.38. The predicted octanol–water partition coefficient (Wildman–Crippen LogP) is 1.86. The van der Waals surface area contributed by atoms with E-state index in [1.807, 2.05) is 4.90 Å². The molecule has 7 nitrogen and oxygen atoms in total. The zero-order chi connectivity index (χ0) is 18.4. The van der Waals surface area contributed by atoms with Crippen molar-refractivity contribution in [2.75, 3.05) is 26.2 Å². The first-order chi connectivity index (χ1) is 11.9. The molecule has 0 saturated carbocycles. The van der Waals surface area contributed by atoms with Gasteiger partial charge in [0, 0.05) is 45.3 Å². The van der Waals surface area contributed by atoms with E-state index in [2.05, 4.69) is 18.9 Å². The molecule has 0 N–H and O–H groups in total. The third-order valence-electron chi connectivity index (χ3n) is 4.71. The number of carbonyl (C=O) groups is 1. The first kappa shape index (κ1) is 19.9. The molecule has 8 heteroatoms. The Kier molecular flexibility index (Phi) is 7.01. The number of nitrogens with zero attached hydrogens (tertiary/aromatic N) is 4. The van der Waals surface area contributed by atoms with Crippen LogP contribution in [0.3, 0.4) is 0 Å². The average molecular weight is 371 g/mol. The van der Waals surface area contributed by atoms with Gasteiger partial charge in [0.2, 0.25) is 15.9 Å². The molecular formula is C17H30N4O3S. The van der Waals surface area contributed by atoms with Gasteiger partial charge in [-0.25, -0.2) is 8.42 Å². The van der Waals surface area contributed by atoms with Crippen molar-refractivity contribution in [2.45, 2.75) is 50.8 Å². The molecule has 0 spiro atoms. The Labute approximate surface area is 151 Å². The van der Waals surface area contributed by atoms with Crippen molar-refractivity contribution < 1.29 is 13.2 Å². The van der Waals surface area contributed by atoms with E-state index in [4.69, 9.17) is 0 Å². The molecule has 0 atom stereocenters. The minimum atomic E-state index is -3.54. The van der Waals surface area contributed by atoms with Crippen molar-refractivity contribution in [3.05, 3.63) is 12.4 Å². The van der Waals surface area contributed by atoms with Crippen LogP contribution in [0.5, 0.6) is 0 Å². The van der Waals surface area contributed by atoms with Crippen molar-refractivity contribution in [1.82, 2.24) is 19.0 Å². The van der Waals surface area contributed by atoms with Crippen molar-refractivity contribution >= 4 is 15.9 Å². The van der Waals surface area contributed by atoms with Crippen LogP contribution in [0.4, 0.5) is 0 Å². The number of rotatable bonds is 7. The van der Waals surface area contributed by atoms with Gasteiger partial charge in [-0.05, 0) is 19.3 Å². The highest BCUT2D eigenvalue weighted by Gasteiger charge is 2.30. The van der Waals surface area contributed by atoms with E-state index in [9.17, 15) is 13.2 Å². The monoisotopic (exact) mass is 370 g/mol. The maximum Gasteiger partial charge on any atom is 0.246 e. The summed E-state index contributed by atoms with van der Waals surface area (Å²) < 4.78 is 28.4. The standard InChI is InChI=1S/C17H30N4O3S/c1-4-7-15(8-5-2)17(22)20-9-6-10-21(12-11-20)25(23,24)16-13-18-19(3)14-16/h13-15H,4-12H2,1-3H3. The number of aromatic nitrogens is 2. The molecule has 1 aliphatic rings. The molecular weight excluding hydrogens is 340 g/mol. The minimum Gasteiger partial charge on any atom is -0.341 e. The van der Waals surface area contributed by atoms with Crippen LogP contribution in [-0.4, -0.2) is 59.5 Å². The van der Waals surface area contributed by atoms with Crippen LogP contribution >= 0.6 is 0 Å². The summed E-state index contributed by atoms with van der Waals surface area (Å²) in [4.78, 5) is 14.9. The number of sulfonamides is 1. The fourth-order valence-corrected chi connectivity index (χ4v) is 4.84. The largest absolute Gasteiger partial charge is 0.341 e.